The Morgan fingerprint density at radius 3 is 2.84 bits per heavy atom. The number of hydrogen-bond acceptors (Lipinski definition) is 5. The SMILES string of the molecule is CNC(C)c1cccnc1OCCOCCCOC. The van der Waals surface area contributed by atoms with E-state index in [-0.39, 0.29) is 6.04 Å². The fourth-order valence-corrected chi connectivity index (χ4v) is 1.61. The van der Waals surface area contributed by atoms with Crippen LogP contribution in [0.25, 0.3) is 0 Å². The Morgan fingerprint density at radius 2 is 2.11 bits per heavy atom. The zero-order chi connectivity index (χ0) is 13.9. The van der Waals surface area contributed by atoms with Crippen LogP contribution in [0.3, 0.4) is 0 Å². The van der Waals surface area contributed by atoms with Crippen molar-refractivity contribution >= 4 is 0 Å². The number of nitrogens with zero attached hydrogens (tertiary/aromatic N) is 1. The van der Waals surface area contributed by atoms with Gasteiger partial charge in [0.05, 0.1) is 6.61 Å². The molecule has 108 valence electrons. The number of ether oxygens (including phenoxy) is 3. The van der Waals surface area contributed by atoms with Gasteiger partial charge in [-0.2, -0.15) is 0 Å². The zero-order valence-electron chi connectivity index (χ0n) is 12.0. The van der Waals surface area contributed by atoms with Crippen LogP contribution in [0.4, 0.5) is 0 Å². The van der Waals surface area contributed by atoms with E-state index >= 15 is 0 Å². The molecule has 0 saturated heterocycles. The number of rotatable bonds is 10. The van der Waals surface area contributed by atoms with Crippen molar-refractivity contribution in [2.45, 2.75) is 19.4 Å². The van der Waals surface area contributed by atoms with Crippen molar-refractivity contribution in [1.82, 2.24) is 10.3 Å². The van der Waals surface area contributed by atoms with Gasteiger partial charge in [-0.05, 0) is 26.5 Å². The van der Waals surface area contributed by atoms with E-state index in [1.807, 2.05) is 19.2 Å². The molecule has 1 unspecified atom stereocenters. The summed E-state index contributed by atoms with van der Waals surface area (Å²) in [5, 5.41) is 3.18. The largest absolute Gasteiger partial charge is 0.475 e. The number of nitrogens with one attached hydrogen (secondary N) is 1. The van der Waals surface area contributed by atoms with Crippen LogP contribution in [0.5, 0.6) is 5.88 Å². The lowest BCUT2D eigenvalue weighted by atomic mass is 10.1. The summed E-state index contributed by atoms with van der Waals surface area (Å²) in [6.45, 7) is 4.57. The van der Waals surface area contributed by atoms with Crippen molar-refractivity contribution in [2.75, 3.05) is 40.6 Å². The minimum Gasteiger partial charge on any atom is -0.475 e. The summed E-state index contributed by atoms with van der Waals surface area (Å²) < 4.78 is 16.0. The number of pyridine rings is 1. The van der Waals surface area contributed by atoms with Crippen LogP contribution in [0, 0.1) is 0 Å². The van der Waals surface area contributed by atoms with Crippen molar-refractivity contribution < 1.29 is 14.2 Å². The second kappa shape index (κ2) is 9.72. The molecule has 5 heteroatoms. The second-order valence-electron chi connectivity index (χ2n) is 4.22. The van der Waals surface area contributed by atoms with Crippen molar-refractivity contribution in [3.63, 3.8) is 0 Å². The predicted molar refractivity (Wildman–Crippen MR) is 74.5 cm³/mol. The zero-order valence-corrected chi connectivity index (χ0v) is 12.0. The maximum absolute atomic E-state index is 5.66. The number of aromatic nitrogens is 1. The van der Waals surface area contributed by atoms with E-state index in [9.17, 15) is 0 Å². The average Bonchev–Trinajstić information content (AvgIpc) is 2.46. The summed E-state index contributed by atoms with van der Waals surface area (Å²) in [5.41, 5.74) is 1.06. The van der Waals surface area contributed by atoms with Gasteiger partial charge in [0.25, 0.3) is 0 Å². The quantitative estimate of drug-likeness (QED) is 0.656. The highest BCUT2D eigenvalue weighted by Gasteiger charge is 2.10. The van der Waals surface area contributed by atoms with E-state index in [2.05, 4.69) is 17.2 Å². The van der Waals surface area contributed by atoms with Crippen molar-refractivity contribution in [3.8, 4) is 5.88 Å². The average molecular weight is 268 g/mol. The lowest BCUT2D eigenvalue weighted by molar-refractivity contribution is 0.0792. The maximum atomic E-state index is 5.66. The van der Waals surface area contributed by atoms with E-state index in [1.54, 1.807) is 13.3 Å². The third kappa shape index (κ3) is 6.00. The Bertz CT molecular complexity index is 347. The molecule has 1 aromatic heterocycles. The Labute approximate surface area is 115 Å². The van der Waals surface area contributed by atoms with E-state index in [0.717, 1.165) is 18.6 Å². The van der Waals surface area contributed by atoms with Gasteiger partial charge in [-0.15, -0.1) is 0 Å². The van der Waals surface area contributed by atoms with Crippen LogP contribution in [0.15, 0.2) is 18.3 Å². The van der Waals surface area contributed by atoms with Gasteiger partial charge < -0.3 is 19.5 Å². The van der Waals surface area contributed by atoms with Crippen LogP contribution in [0.1, 0.15) is 24.9 Å². The van der Waals surface area contributed by atoms with Gasteiger partial charge in [-0.3, -0.25) is 0 Å². The highest BCUT2D eigenvalue weighted by molar-refractivity contribution is 5.28. The fourth-order valence-electron chi connectivity index (χ4n) is 1.61. The Hall–Kier alpha value is -1.17. The molecule has 1 heterocycles. The topological polar surface area (TPSA) is 52.6 Å². The minimum atomic E-state index is 0.214. The first-order valence-corrected chi connectivity index (χ1v) is 6.61. The molecular formula is C14H24N2O3. The van der Waals surface area contributed by atoms with E-state index in [4.69, 9.17) is 14.2 Å². The van der Waals surface area contributed by atoms with Crippen molar-refractivity contribution in [2.24, 2.45) is 0 Å². The van der Waals surface area contributed by atoms with Gasteiger partial charge in [-0.1, -0.05) is 6.07 Å². The molecule has 5 nitrogen and oxygen atoms in total. The van der Waals surface area contributed by atoms with Crippen LogP contribution in [0.2, 0.25) is 0 Å². The predicted octanol–water partition coefficient (Wildman–Crippen LogP) is 1.79. The summed E-state index contributed by atoms with van der Waals surface area (Å²) in [7, 11) is 3.61. The molecule has 0 spiro atoms. The van der Waals surface area contributed by atoms with Crippen molar-refractivity contribution in [3.05, 3.63) is 23.9 Å². The summed E-state index contributed by atoms with van der Waals surface area (Å²) in [4.78, 5) is 4.26. The Kier molecular flexibility index (Phi) is 8.13. The van der Waals surface area contributed by atoms with E-state index in [1.165, 1.54) is 0 Å². The third-order valence-electron chi connectivity index (χ3n) is 2.80. The smallest absolute Gasteiger partial charge is 0.218 e. The summed E-state index contributed by atoms with van der Waals surface area (Å²) in [6, 6.07) is 4.14. The molecule has 0 radical (unpaired) electrons. The molecule has 1 atom stereocenters. The molecule has 19 heavy (non-hydrogen) atoms. The van der Waals surface area contributed by atoms with Crippen LogP contribution >= 0.6 is 0 Å². The fraction of sp³-hybridized carbons (Fsp3) is 0.643. The monoisotopic (exact) mass is 268 g/mol. The van der Waals surface area contributed by atoms with Gasteiger partial charge in [0.1, 0.15) is 6.61 Å². The maximum Gasteiger partial charge on any atom is 0.218 e. The van der Waals surface area contributed by atoms with Gasteiger partial charge in [0, 0.05) is 38.1 Å². The molecule has 0 aliphatic carbocycles. The van der Waals surface area contributed by atoms with Gasteiger partial charge in [0.2, 0.25) is 5.88 Å². The number of hydrogen-bond donors (Lipinski definition) is 1. The second-order valence-corrected chi connectivity index (χ2v) is 4.22. The lowest BCUT2D eigenvalue weighted by Gasteiger charge is -2.15. The van der Waals surface area contributed by atoms with Gasteiger partial charge in [0.15, 0.2) is 0 Å². The summed E-state index contributed by atoms with van der Waals surface area (Å²) in [5.74, 6) is 0.671. The Balaban J connectivity index is 2.29. The normalized spacial score (nSPS) is 12.4. The molecule has 0 bridgehead atoms. The molecular weight excluding hydrogens is 244 g/mol. The van der Waals surface area contributed by atoms with Gasteiger partial charge in [-0.25, -0.2) is 4.98 Å². The van der Waals surface area contributed by atoms with E-state index in [0.29, 0.717) is 25.7 Å². The number of methoxy groups -OCH3 is 1. The summed E-state index contributed by atoms with van der Waals surface area (Å²) >= 11 is 0. The molecule has 0 fully saturated rings. The van der Waals surface area contributed by atoms with Crippen molar-refractivity contribution in [1.29, 1.82) is 0 Å². The molecule has 0 saturated carbocycles. The van der Waals surface area contributed by atoms with E-state index < -0.39 is 0 Å². The first-order valence-electron chi connectivity index (χ1n) is 6.61. The van der Waals surface area contributed by atoms with Crippen LogP contribution in [-0.4, -0.2) is 45.6 Å². The molecule has 1 rings (SSSR count). The first kappa shape index (κ1) is 15.9. The lowest BCUT2D eigenvalue weighted by Crippen LogP contribution is -2.16. The molecule has 0 aliphatic rings. The summed E-state index contributed by atoms with van der Waals surface area (Å²) in [6.07, 6.45) is 2.64. The molecule has 1 N–H and O–H groups in total. The molecule has 0 aromatic carbocycles. The highest BCUT2D eigenvalue weighted by Crippen LogP contribution is 2.21. The first-order chi connectivity index (χ1) is 9.29. The minimum absolute atomic E-state index is 0.214. The standard InChI is InChI=1S/C14H24N2O3/c1-12(15-2)13-6-4-7-16-14(13)19-11-10-18-9-5-8-17-3/h4,6-7,12,15H,5,8-11H2,1-3H3. The molecule has 0 aliphatic heterocycles. The van der Waals surface area contributed by atoms with Crippen LogP contribution < -0.4 is 10.1 Å². The Morgan fingerprint density at radius 1 is 1.26 bits per heavy atom. The molecule has 0 amide bonds. The highest BCUT2D eigenvalue weighted by atomic mass is 16.5. The van der Waals surface area contributed by atoms with Crippen LogP contribution in [-0.2, 0) is 9.47 Å². The van der Waals surface area contributed by atoms with Gasteiger partial charge >= 0.3 is 0 Å². The molecule has 1 aromatic rings. The third-order valence-corrected chi connectivity index (χ3v) is 2.80.